The molecule has 8 heteroatoms. The lowest BCUT2D eigenvalue weighted by molar-refractivity contribution is -0.121. The van der Waals surface area contributed by atoms with Gasteiger partial charge in [0.05, 0.1) is 12.8 Å². The van der Waals surface area contributed by atoms with Crippen LogP contribution in [0.25, 0.3) is 22.4 Å². The van der Waals surface area contributed by atoms with Crippen LogP contribution in [-0.4, -0.2) is 37.2 Å². The third-order valence-electron chi connectivity index (χ3n) is 6.00. The summed E-state index contributed by atoms with van der Waals surface area (Å²) in [4.78, 5) is 12.5. The predicted molar refractivity (Wildman–Crippen MR) is 130 cm³/mol. The molecule has 172 valence electrons. The van der Waals surface area contributed by atoms with E-state index in [2.05, 4.69) is 47.6 Å². The number of hydrogen-bond donors (Lipinski definition) is 1. The second kappa shape index (κ2) is 8.97. The lowest BCUT2D eigenvalue weighted by Crippen LogP contribution is -2.23. The number of methoxy groups -OCH3 is 1. The van der Waals surface area contributed by atoms with E-state index in [9.17, 15) is 4.79 Å². The molecule has 0 saturated carbocycles. The Morgan fingerprint density at radius 1 is 1.06 bits per heavy atom. The number of rotatable bonds is 7. The lowest BCUT2D eigenvalue weighted by Gasteiger charge is -2.09. The second-order valence-electron chi connectivity index (χ2n) is 8.37. The van der Waals surface area contributed by atoms with Gasteiger partial charge in [0, 0.05) is 42.9 Å². The van der Waals surface area contributed by atoms with Crippen LogP contribution in [0.4, 0.5) is 0 Å². The van der Waals surface area contributed by atoms with Gasteiger partial charge in [-0.05, 0) is 37.6 Å². The molecule has 3 heterocycles. The minimum Gasteiger partial charge on any atom is -0.496 e. The van der Waals surface area contributed by atoms with E-state index in [0.717, 1.165) is 39.6 Å². The molecule has 0 atom stereocenters. The van der Waals surface area contributed by atoms with Crippen LogP contribution in [0.5, 0.6) is 5.75 Å². The number of aromatic nitrogens is 5. The number of carbonyl (C=O) groups is 1. The normalized spacial score (nSPS) is 11.3. The Hall–Kier alpha value is -4.20. The van der Waals surface area contributed by atoms with Crippen LogP contribution in [0, 0.1) is 13.8 Å². The van der Waals surface area contributed by atoms with Gasteiger partial charge in [0.1, 0.15) is 17.1 Å². The lowest BCUT2D eigenvalue weighted by atomic mass is 10.0. The summed E-state index contributed by atoms with van der Waals surface area (Å²) in [6.45, 7) is 4.58. The number of amides is 1. The number of benzene rings is 2. The smallest absolute Gasteiger partial charge is 0.220 e. The topological polar surface area (TPSA) is 85.8 Å². The van der Waals surface area contributed by atoms with Crippen molar-refractivity contribution < 1.29 is 9.53 Å². The molecule has 0 aliphatic rings. The number of para-hydroxylation sites is 1. The Morgan fingerprint density at radius 2 is 1.91 bits per heavy atom. The van der Waals surface area contributed by atoms with Gasteiger partial charge in [-0.25, -0.2) is 4.52 Å². The zero-order valence-corrected chi connectivity index (χ0v) is 19.4. The molecule has 0 spiro atoms. The molecular weight excluding hydrogens is 428 g/mol. The van der Waals surface area contributed by atoms with E-state index in [-0.39, 0.29) is 5.91 Å². The highest BCUT2D eigenvalue weighted by molar-refractivity contribution is 5.78. The highest BCUT2D eigenvalue weighted by Gasteiger charge is 2.15. The van der Waals surface area contributed by atoms with E-state index in [1.807, 2.05) is 51.6 Å². The molecule has 5 rings (SSSR count). The summed E-state index contributed by atoms with van der Waals surface area (Å²) in [5.74, 6) is 1.45. The largest absolute Gasteiger partial charge is 0.496 e. The molecule has 0 fully saturated rings. The Kier molecular flexibility index (Phi) is 5.71. The monoisotopic (exact) mass is 454 g/mol. The van der Waals surface area contributed by atoms with Crippen LogP contribution in [0.2, 0.25) is 0 Å². The Bertz CT molecular complexity index is 1500. The first-order chi connectivity index (χ1) is 16.5. The van der Waals surface area contributed by atoms with Crippen LogP contribution in [-0.2, 0) is 17.8 Å². The number of nitrogens with one attached hydrogen (secondary N) is 1. The van der Waals surface area contributed by atoms with Crippen molar-refractivity contribution in [1.82, 2.24) is 29.5 Å². The number of nitrogens with zero attached hydrogens (tertiary/aromatic N) is 5. The number of hydrogen-bond acceptors (Lipinski definition) is 5. The first-order valence-corrected chi connectivity index (χ1v) is 11.2. The molecular formula is C26H26N6O2. The molecule has 5 aromatic rings. The minimum absolute atomic E-state index is 0.0507. The minimum atomic E-state index is -0.0507. The van der Waals surface area contributed by atoms with Crippen LogP contribution in [0.1, 0.15) is 28.9 Å². The molecule has 0 unspecified atom stereocenters. The van der Waals surface area contributed by atoms with Gasteiger partial charge in [-0.1, -0.05) is 35.9 Å². The summed E-state index contributed by atoms with van der Waals surface area (Å²) < 4.78 is 9.09. The van der Waals surface area contributed by atoms with E-state index < -0.39 is 0 Å². The van der Waals surface area contributed by atoms with E-state index in [1.54, 1.807) is 7.11 Å². The zero-order valence-electron chi connectivity index (χ0n) is 19.4. The van der Waals surface area contributed by atoms with Crippen molar-refractivity contribution >= 4 is 17.1 Å². The molecule has 2 aromatic carbocycles. The predicted octanol–water partition coefficient (Wildman–Crippen LogP) is 3.92. The molecule has 0 bridgehead atoms. The third-order valence-corrected chi connectivity index (χ3v) is 6.00. The zero-order chi connectivity index (χ0) is 23.7. The third kappa shape index (κ3) is 4.10. The summed E-state index contributed by atoms with van der Waals surface area (Å²) in [5.41, 5.74) is 6.90. The molecule has 8 nitrogen and oxygen atoms in total. The molecule has 0 saturated heterocycles. The van der Waals surface area contributed by atoms with Gasteiger partial charge in [-0.3, -0.25) is 9.20 Å². The van der Waals surface area contributed by atoms with Crippen molar-refractivity contribution in [2.45, 2.75) is 33.2 Å². The summed E-state index contributed by atoms with van der Waals surface area (Å²) in [5, 5.41) is 16.4. The van der Waals surface area contributed by atoms with Crippen molar-refractivity contribution in [3.05, 3.63) is 83.4 Å². The van der Waals surface area contributed by atoms with Gasteiger partial charge >= 0.3 is 0 Å². The van der Waals surface area contributed by atoms with Gasteiger partial charge in [0.25, 0.3) is 0 Å². The molecule has 0 aliphatic carbocycles. The molecule has 1 amide bonds. The van der Waals surface area contributed by atoms with Crippen molar-refractivity contribution in [3.8, 4) is 17.0 Å². The second-order valence-corrected chi connectivity index (χ2v) is 8.37. The van der Waals surface area contributed by atoms with Gasteiger partial charge in [-0.2, -0.15) is 5.10 Å². The fourth-order valence-electron chi connectivity index (χ4n) is 4.13. The molecule has 1 N–H and O–H groups in total. The fraction of sp³-hybridized carbons (Fsp3) is 0.231. The van der Waals surface area contributed by atoms with E-state index >= 15 is 0 Å². The Labute approximate surface area is 197 Å². The van der Waals surface area contributed by atoms with Gasteiger partial charge < -0.3 is 10.1 Å². The SMILES string of the molecule is COc1ccccc1CNC(=O)CCc1nnc2c3cc(-c4cc(C)ccc4C)nn3ccn12. The van der Waals surface area contributed by atoms with Gasteiger partial charge in [0.15, 0.2) is 5.65 Å². The maximum atomic E-state index is 12.5. The molecule has 0 aliphatic heterocycles. The van der Waals surface area contributed by atoms with Crippen LogP contribution >= 0.6 is 0 Å². The van der Waals surface area contributed by atoms with E-state index in [0.29, 0.717) is 19.4 Å². The summed E-state index contributed by atoms with van der Waals surface area (Å²) in [7, 11) is 1.62. The average Bonchev–Trinajstić information content (AvgIpc) is 3.47. The highest BCUT2D eigenvalue weighted by Crippen LogP contribution is 2.26. The highest BCUT2D eigenvalue weighted by atomic mass is 16.5. The molecule has 34 heavy (non-hydrogen) atoms. The van der Waals surface area contributed by atoms with Crippen molar-refractivity contribution in [2.75, 3.05) is 7.11 Å². The van der Waals surface area contributed by atoms with Crippen LogP contribution < -0.4 is 10.1 Å². The van der Waals surface area contributed by atoms with E-state index in [4.69, 9.17) is 9.84 Å². The van der Waals surface area contributed by atoms with Crippen molar-refractivity contribution in [1.29, 1.82) is 0 Å². The standard InChI is InChI=1S/C26H26N6O2/c1-17-8-9-18(2)20(14-17)21-15-22-26-29-28-24(31(26)12-13-32(22)30-21)10-11-25(33)27-16-19-6-4-5-7-23(19)34-3/h4-9,12-15H,10-11,16H2,1-3H3,(H,27,33). The summed E-state index contributed by atoms with van der Waals surface area (Å²) in [6, 6.07) is 16.0. The average molecular weight is 455 g/mol. The van der Waals surface area contributed by atoms with Crippen LogP contribution in [0.15, 0.2) is 60.9 Å². The van der Waals surface area contributed by atoms with E-state index in [1.165, 1.54) is 11.1 Å². The molecule has 0 radical (unpaired) electrons. The first-order valence-electron chi connectivity index (χ1n) is 11.2. The number of fused-ring (bicyclic) bond motifs is 3. The maximum absolute atomic E-state index is 12.5. The summed E-state index contributed by atoms with van der Waals surface area (Å²) in [6.07, 6.45) is 4.58. The Balaban J connectivity index is 1.33. The number of aryl methyl sites for hydroxylation is 3. The first kappa shape index (κ1) is 21.6. The molecule has 3 aromatic heterocycles. The number of ether oxygens (including phenoxy) is 1. The van der Waals surface area contributed by atoms with Gasteiger partial charge in [0.2, 0.25) is 5.91 Å². The quantitative estimate of drug-likeness (QED) is 0.403. The Morgan fingerprint density at radius 3 is 2.76 bits per heavy atom. The van der Waals surface area contributed by atoms with Crippen LogP contribution in [0.3, 0.4) is 0 Å². The fourth-order valence-corrected chi connectivity index (χ4v) is 4.13. The van der Waals surface area contributed by atoms with Crippen molar-refractivity contribution in [2.24, 2.45) is 0 Å². The summed E-state index contributed by atoms with van der Waals surface area (Å²) >= 11 is 0. The maximum Gasteiger partial charge on any atom is 0.220 e. The van der Waals surface area contributed by atoms with Crippen molar-refractivity contribution in [3.63, 3.8) is 0 Å². The van der Waals surface area contributed by atoms with Gasteiger partial charge in [-0.15, -0.1) is 10.2 Å². The number of carbonyl (C=O) groups excluding carboxylic acids is 1.